The van der Waals surface area contributed by atoms with E-state index in [2.05, 4.69) is 10.3 Å². The molecular formula is C11H11N3S2. The molecule has 0 aliphatic heterocycles. The number of benzene rings is 1. The smallest absolute Gasteiger partial charge is 0.103 e. The number of thiazole rings is 1. The standard InChI is InChI=1S/C11H11N3S2/c12-11(15)8-1-3-9(4-2-8)14-6-10-5-13-7-16-10/h1-5,7,14H,6H2,(H2,12,15). The normalized spacial score (nSPS) is 10.0. The van der Waals surface area contributed by atoms with E-state index in [-0.39, 0.29) is 0 Å². The van der Waals surface area contributed by atoms with Crippen LogP contribution in [0.3, 0.4) is 0 Å². The van der Waals surface area contributed by atoms with Gasteiger partial charge >= 0.3 is 0 Å². The average Bonchev–Trinajstić information content (AvgIpc) is 2.80. The summed E-state index contributed by atoms with van der Waals surface area (Å²) in [5.41, 5.74) is 9.28. The van der Waals surface area contributed by atoms with E-state index in [0.29, 0.717) is 4.99 Å². The Labute approximate surface area is 103 Å². The molecule has 0 atom stereocenters. The number of nitrogens with one attached hydrogen (secondary N) is 1. The Bertz CT molecular complexity index is 462. The van der Waals surface area contributed by atoms with Crippen molar-refractivity contribution in [3.63, 3.8) is 0 Å². The van der Waals surface area contributed by atoms with Gasteiger partial charge in [-0.1, -0.05) is 12.2 Å². The summed E-state index contributed by atoms with van der Waals surface area (Å²) in [5, 5.41) is 3.30. The fourth-order valence-electron chi connectivity index (χ4n) is 1.27. The van der Waals surface area contributed by atoms with Crippen LogP contribution >= 0.6 is 23.6 Å². The molecule has 0 radical (unpaired) electrons. The number of hydrogen-bond acceptors (Lipinski definition) is 4. The zero-order valence-corrected chi connectivity index (χ0v) is 10.1. The van der Waals surface area contributed by atoms with Gasteiger partial charge < -0.3 is 11.1 Å². The Morgan fingerprint density at radius 1 is 1.38 bits per heavy atom. The van der Waals surface area contributed by atoms with Gasteiger partial charge in [0.1, 0.15) is 4.99 Å². The minimum Gasteiger partial charge on any atom is -0.389 e. The highest BCUT2D eigenvalue weighted by Crippen LogP contribution is 2.12. The minimum atomic E-state index is 0.425. The largest absolute Gasteiger partial charge is 0.389 e. The van der Waals surface area contributed by atoms with Crippen LogP contribution in [0.25, 0.3) is 0 Å². The minimum absolute atomic E-state index is 0.425. The Balaban J connectivity index is 1.98. The fraction of sp³-hybridized carbons (Fsp3) is 0.0909. The molecule has 0 amide bonds. The summed E-state index contributed by atoms with van der Waals surface area (Å²) in [5.74, 6) is 0. The van der Waals surface area contributed by atoms with Gasteiger partial charge in [0.05, 0.1) is 12.1 Å². The lowest BCUT2D eigenvalue weighted by Crippen LogP contribution is -2.09. The first-order valence-electron chi connectivity index (χ1n) is 4.77. The van der Waals surface area contributed by atoms with Gasteiger partial charge in [-0.2, -0.15) is 0 Å². The molecule has 2 aromatic rings. The van der Waals surface area contributed by atoms with Crippen molar-refractivity contribution >= 4 is 34.2 Å². The predicted octanol–water partition coefficient (Wildman–Crippen LogP) is 2.39. The van der Waals surface area contributed by atoms with E-state index >= 15 is 0 Å². The van der Waals surface area contributed by atoms with Crippen LogP contribution in [0.4, 0.5) is 5.69 Å². The number of thiocarbonyl (C=S) groups is 1. The molecule has 0 aliphatic carbocycles. The Kier molecular flexibility index (Phi) is 3.48. The zero-order chi connectivity index (χ0) is 11.4. The molecule has 0 aliphatic rings. The van der Waals surface area contributed by atoms with E-state index < -0.39 is 0 Å². The van der Waals surface area contributed by atoms with E-state index in [1.807, 2.05) is 36.0 Å². The van der Waals surface area contributed by atoms with Crippen molar-refractivity contribution in [2.24, 2.45) is 5.73 Å². The van der Waals surface area contributed by atoms with Gasteiger partial charge in [-0.3, -0.25) is 4.98 Å². The highest BCUT2D eigenvalue weighted by atomic mass is 32.1. The maximum absolute atomic E-state index is 5.52. The van der Waals surface area contributed by atoms with Gasteiger partial charge in [0.2, 0.25) is 0 Å². The second-order valence-electron chi connectivity index (χ2n) is 3.26. The molecule has 3 nitrogen and oxygen atoms in total. The van der Waals surface area contributed by atoms with E-state index in [4.69, 9.17) is 18.0 Å². The van der Waals surface area contributed by atoms with Crippen LogP contribution in [0.1, 0.15) is 10.4 Å². The summed E-state index contributed by atoms with van der Waals surface area (Å²) < 4.78 is 0. The molecule has 0 spiro atoms. The monoisotopic (exact) mass is 249 g/mol. The van der Waals surface area contributed by atoms with E-state index in [1.165, 1.54) is 4.88 Å². The summed E-state index contributed by atoms with van der Waals surface area (Å²) in [6.07, 6.45) is 1.86. The average molecular weight is 249 g/mol. The summed E-state index contributed by atoms with van der Waals surface area (Å²) in [6, 6.07) is 7.76. The lowest BCUT2D eigenvalue weighted by atomic mass is 10.2. The van der Waals surface area contributed by atoms with E-state index in [9.17, 15) is 0 Å². The molecule has 0 bridgehead atoms. The number of hydrogen-bond donors (Lipinski definition) is 2. The number of rotatable bonds is 4. The van der Waals surface area contributed by atoms with Gasteiger partial charge in [0.15, 0.2) is 0 Å². The molecule has 16 heavy (non-hydrogen) atoms. The number of nitrogens with two attached hydrogens (primary N) is 1. The molecule has 0 saturated heterocycles. The van der Waals surface area contributed by atoms with Crippen LogP contribution in [0.5, 0.6) is 0 Å². The summed E-state index contributed by atoms with van der Waals surface area (Å²) in [7, 11) is 0. The maximum atomic E-state index is 5.52. The molecule has 1 aromatic carbocycles. The topological polar surface area (TPSA) is 50.9 Å². The SMILES string of the molecule is NC(=S)c1ccc(NCc2cncs2)cc1. The molecule has 0 saturated carbocycles. The molecular weight excluding hydrogens is 238 g/mol. The van der Waals surface area contributed by atoms with Crippen LogP contribution in [0.2, 0.25) is 0 Å². The molecule has 0 unspecified atom stereocenters. The maximum Gasteiger partial charge on any atom is 0.103 e. The van der Waals surface area contributed by atoms with Gasteiger partial charge in [0, 0.05) is 22.3 Å². The zero-order valence-electron chi connectivity index (χ0n) is 8.51. The molecule has 1 aromatic heterocycles. The van der Waals surface area contributed by atoms with Crippen LogP contribution in [0.15, 0.2) is 36.0 Å². The molecule has 5 heteroatoms. The van der Waals surface area contributed by atoms with E-state index in [0.717, 1.165) is 17.8 Å². The first-order valence-corrected chi connectivity index (χ1v) is 6.05. The highest BCUT2D eigenvalue weighted by molar-refractivity contribution is 7.80. The third-order valence-corrected chi connectivity index (χ3v) is 3.13. The number of nitrogens with zero attached hydrogens (tertiary/aromatic N) is 1. The van der Waals surface area contributed by atoms with Gasteiger partial charge in [-0.15, -0.1) is 11.3 Å². The van der Waals surface area contributed by atoms with Crippen molar-refractivity contribution in [1.29, 1.82) is 0 Å². The molecule has 2 rings (SSSR count). The van der Waals surface area contributed by atoms with Crippen LogP contribution < -0.4 is 11.1 Å². The third kappa shape index (κ3) is 2.77. The van der Waals surface area contributed by atoms with Crippen molar-refractivity contribution in [2.45, 2.75) is 6.54 Å². The quantitative estimate of drug-likeness (QED) is 0.817. The van der Waals surface area contributed by atoms with Crippen molar-refractivity contribution in [2.75, 3.05) is 5.32 Å². The highest BCUT2D eigenvalue weighted by Gasteiger charge is 1.97. The van der Waals surface area contributed by atoms with Gasteiger partial charge in [-0.05, 0) is 24.3 Å². The van der Waals surface area contributed by atoms with Gasteiger partial charge in [-0.25, -0.2) is 0 Å². The van der Waals surface area contributed by atoms with E-state index in [1.54, 1.807) is 11.3 Å². The lowest BCUT2D eigenvalue weighted by molar-refractivity contribution is 1.17. The number of aromatic nitrogens is 1. The third-order valence-electron chi connectivity index (χ3n) is 2.12. The first-order chi connectivity index (χ1) is 7.75. The number of anilines is 1. The fourth-order valence-corrected chi connectivity index (χ4v) is 1.94. The summed E-state index contributed by atoms with van der Waals surface area (Å²) >= 11 is 6.52. The summed E-state index contributed by atoms with van der Waals surface area (Å²) in [6.45, 7) is 0.789. The first kappa shape index (κ1) is 11.0. The van der Waals surface area contributed by atoms with Gasteiger partial charge in [0.25, 0.3) is 0 Å². The molecule has 0 fully saturated rings. The van der Waals surface area contributed by atoms with Crippen molar-refractivity contribution in [3.8, 4) is 0 Å². The van der Waals surface area contributed by atoms with Crippen LogP contribution in [-0.2, 0) is 6.54 Å². The summed E-state index contributed by atoms with van der Waals surface area (Å²) in [4.78, 5) is 5.65. The Hall–Kier alpha value is -1.46. The Morgan fingerprint density at radius 2 is 2.12 bits per heavy atom. The van der Waals surface area contributed by atoms with Crippen molar-refractivity contribution in [1.82, 2.24) is 4.98 Å². The molecule has 1 heterocycles. The molecule has 3 N–H and O–H groups in total. The van der Waals surface area contributed by atoms with Crippen LogP contribution in [-0.4, -0.2) is 9.97 Å². The van der Waals surface area contributed by atoms with Crippen LogP contribution in [0, 0.1) is 0 Å². The van der Waals surface area contributed by atoms with Crippen molar-refractivity contribution < 1.29 is 0 Å². The lowest BCUT2D eigenvalue weighted by Gasteiger charge is -2.05. The second kappa shape index (κ2) is 5.05. The van der Waals surface area contributed by atoms with Crippen molar-refractivity contribution in [3.05, 3.63) is 46.4 Å². The second-order valence-corrected chi connectivity index (χ2v) is 4.67. The molecule has 82 valence electrons. The Morgan fingerprint density at radius 3 is 2.69 bits per heavy atom. The predicted molar refractivity (Wildman–Crippen MR) is 71.8 cm³/mol.